The Morgan fingerprint density at radius 1 is 1.14 bits per heavy atom. The Morgan fingerprint density at radius 2 is 1.83 bits per heavy atom. The molecular formula is C20H20N2O5S2. The van der Waals surface area contributed by atoms with E-state index in [0.717, 1.165) is 23.2 Å². The second kappa shape index (κ2) is 8.30. The molecule has 0 radical (unpaired) electrons. The molecule has 0 fully saturated rings. The van der Waals surface area contributed by atoms with E-state index in [9.17, 15) is 18.0 Å². The maximum Gasteiger partial charge on any atom is 0.326 e. The smallest absolute Gasteiger partial charge is 0.326 e. The zero-order valence-corrected chi connectivity index (χ0v) is 17.8. The molecule has 0 unspecified atom stereocenters. The van der Waals surface area contributed by atoms with Crippen LogP contribution in [0, 0.1) is 6.92 Å². The molecule has 29 heavy (non-hydrogen) atoms. The molecule has 0 aliphatic rings. The Kier molecular flexibility index (Phi) is 5.99. The summed E-state index contributed by atoms with van der Waals surface area (Å²) in [5, 5.41) is 0. The molecule has 152 valence electrons. The van der Waals surface area contributed by atoms with Gasteiger partial charge in [-0.1, -0.05) is 29.0 Å². The predicted molar refractivity (Wildman–Crippen MR) is 111 cm³/mol. The van der Waals surface area contributed by atoms with Gasteiger partial charge in [0.05, 0.1) is 21.7 Å². The molecule has 0 aliphatic heterocycles. The molecule has 1 aromatic heterocycles. The lowest BCUT2D eigenvalue weighted by atomic mass is 10.1. The highest BCUT2D eigenvalue weighted by Gasteiger charge is 2.15. The number of nitrogens with zero attached hydrogens (tertiary/aromatic N) is 2. The third-order valence-corrected chi connectivity index (χ3v) is 6.32. The largest absolute Gasteiger partial charge is 0.465 e. The first-order valence-corrected chi connectivity index (χ1v) is 11.5. The van der Waals surface area contributed by atoms with Crippen LogP contribution in [0.1, 0.15) is 22.8 Å². The second-order valence-corrected chi connectivity index (χ2v) is 9.49. The van der Waals surface area contributed by atoms with Crippen molar-refractivity contribution >= 4 is 43.3 Å². The van der Waals surface area contributed by atoms with Crippen LogP contribution >= 0.6 is 11.3 Å². The van der Waals surface area contributed by atoms with Gasteiger partial charge in [0, 0.05) is 11.8 Å². The number of amides is 1. The lowest BCUT2D eigenvalue weighted by molar-refractivity contribution is -0.143. The van der Waals surface area contributed by atoms with E-state index >= 15 is 0 Å². The van der Waals surface area contributed by atoms with Crippen molar-refractivity contribution in [2.24, 2.45) is 4.99 Å². The van der Waals surface area contributed by atoms with Crippen LogP contribution < -0.4 is 4.80 Å². The maximum atomic E-state index is 12.6. The zero-order chi connectivity index (χ0) is 21.2. The molecule has 1 amide bonds. The van der Waals surface area contributed by atoms with Crippen LogP contribution in [0.4, 0.5) is 0 Å². The van der Waals surface area contributed by atoms with Gasteiger partial charge in [-0.3, -0.25) is 9.59 Å². The number of ether oxygens (including phenoxy) is 1. The van der Waals surface area contributed by atoms with Gasteiger partial charge in [0.15, 0.2) is 14.6 Å². The SMILES string of the molecule is CCOC(=O)Cn1c(=NC(=O)c2ccc(C)cc2)sc2cc(S(C)(=O)=O)ccc21. The third kappa shape index (κ3) is 4.80. The van der Waals surface area contributed by atoms with Crippen LogP contribution in [0.2, 0.25) is 0 Å². The Hall–Kier alpha value is -2.78. The number of carbonyl (C=O) groups is 2. The van der Waals surface area contributed by atoms with Crippen LogP contribution in [-0.4, -0.2) is 37.7 Å². The number of aromatic nitrogens is 1. The number of fused-ring (bicyclic) bond motifs is 1. The fraction of sp³-hybridized carbons (Fsp3) is 0.250. The van der Waals surface area contributed by atoms with Crippen molar-refractivity contribution in [1.82, 2.24) is 4.57 Å². The number of hydrogen-bond acceptors (Lipinski definition) is 6. The minimum Gasteiger partial charge on any atom is -0.465 e. The van der Waals surface area contributed by atoms with Gasteiger partial charge >= 0.3 is 5.97 Å². The van der Waals surface area contributed by atoms with Crippen LogP contribution in [0.3, 0.4) is 0 Å². The Morgan fingerprint density at radius 3 is 2.45 bits per heavy atom. The highest BCUT2D eigenvalue weighted by molar-refractivity contribution is 7.90. The van der Waals surface area contributed by atoms with Gasteiger partial charge in [-0.25, -0.2) is 8.42 Å². The summed E-state index contributed by atoms with van der Waals surface area (Å²) in [7, 11) is -3.39. The predicted octanol–water partition coefficient (Wildman–Crippen LogP) is 2.72. The van der Waals surface area contributed by atoms with Crippen molar-refractivity contribution in [3.8, 4) is 0 Å². The van der Waals surface area contributed by atoms with Crippen LogP contribution in [0.15, 0.2) is 52.4 Å². The van der Waals surface area contributed by atoms with Gasteiger partial charge in [-0.15, -0.1) is 0 Å². The summed E-state index contributed by atoms with van der Waals surface area (Å²) >= 11 is 1.14. The number of carbonyl (C=O) groups excluding carboxylic acids is 2. The molecule has 0 bridgehead atoms. The minimum absolute atomic E-state index is 0.133. The monoisotopic (exact) mass is 432 g/mol. The number of benzene rings is 2. The van der Waals surface area contributed by atoms with Crippen molar-refractivity contribution in [2.75, 3.05) is 12.9 Å². The minimum atomic E-state index is -3.39. The van der Waals surface area contributed by atoms with Gasteiger partial charge in [-0.2, -0.15) is 4.99 Å². The van der Waals surface area contributed by atoms with Crippen molar-refractivity contribution < 1.29 is 22.7 Å². The van der Waals surface area contributed by atoms with Gasteiger partial charge in [0.2, 0.25) is 0 Å². The second-order valence-electron chi connectivity index (χ2n) is 6.46. The zero-order valence-electron chi connectivity index (χ0n) is 16.2. The van der Waals surface area contributed by atoms with Crippen LogP contribution in [0.25, 0.3) is 10.2 Å². The van der Waals surface area contributed by atoms with E-state index in [1.165, 1.54) is 12.1 Å². The summed E-state index contributed by atoms with van der Waals surface area (Å²) in [5.41, 5.74) is 2.05. The summed E-state index contributed by atoms with van der Waals surface area (Å²) in [6.07, 6.45) is 1.13. The molecule has 0 saturated heterocycles. The van der Waals surface area contributed by atoms with Crippen molar-refractivity contribution in [1.29, 1.82) is 0 Å². The highest BCUT2D eigenvalue weighted by Crippen LogP contribution is 2.22. The number of sulfone groups is 1. The van der Waals surface area contributed by atoms with E-state index in [0.29, 0.717) is 20.6 Å². The summed E-state index contributed by atoms with van der Waals surface area (Å²) < 4.78 is 30.9. The normalized spacial score (nSPS) is 12.3. The summed E-state index contributed by atoms with van der Waals surface area (Å²) in [6.45, 7) is 3.73. The summed E-state index contributed by atoms with van der Waals surface area (Å²) in [6, 6.07) is 11.6. The van der Waals surface area contributed by atoms with E-state index in [4.69, 9.17) is 4.74 Å². The molecule has 9 heteroatoms. The van der Waals surface area contributed by atoms with E-state index in [1.54, 1.807) is 29.7 Å². The molecule has 0 spiro atoms. The van der Waals surface area contributed by atoms with E-state index < -0.39 is 21.7 Å². The fourth-order valence-corrected chi connectivity index (χ4v) is 4.49. The van der Waals surface area contributed by atoms with Crippen molar-refractivity contribution in [2.45, 2.75) is 25.3 Å². The van der Waals surface area contributed by atoms with E-state index in [2.05, 4.69) is 4.99 Å². The number of thiazole rings is 1. The van der Waals surface area contributed by atoms with E-state index in [-0.39, 0.29) is 18.0 Å². The molecule has 1 heterocycles. The molecule has 0 atom stereocenters. The molecule has 0 saturated carbocycles. The van der Waals surface area contributed by atoms with Crippen molar-refractivity contribution in [3.05, 3.63) is 58.4 Å². The molecule has 3 rings (SSSR count). The van der Waals surface area contributed by atoms with Gasteiger partial charge < -0.3 is 9.30 Å². The number of hydrogen-bond donors (Lipinski definition) is 0. The topological polar surface area (TPSA) is 94.8 Å². The molecule has 3 aromatic rings. The standard InChI is InChI=1S/C20H20N2O5S2/c1-4-27-18(23)12-22-16-10-9-15(29(3,25)26)11-17(16)28-20(22)21-19(24)14-7-5-13(2)6-8-14/h5-11H,4,12H2,1-3H3. The average Bonchev–Trinajstić information content (AvgIpc) is 2.98. The molecular weight excluding hydrogens is 412 g/mol. The average molecular weight is 433 g/mol. The number of esters is 1. The lowest BCUT2D eigenvalue weighted by Gasteiger charge is -2.05. The number of aryl methyl sites for hydroxylation is 1. The summed E-state index contributed by atoms with van der Waals surface area (Å²) in [4.78, 5) is 29.3. The molecule has 0 aliphatic carbocycles. The van der Waals surface area contributed by atoms with Crippen LogP contribution in [0.5, 0.6) is 0 Å². The highest BCUT2D eigenvalue weighted by atomic mass is 32.2. The Bertz CT molecular complexity index is 1250. The van der Waals surface area contributed by atoms with Gasteiger partial charge in [-0.05, 0) is 44.2 Å². The lowest BCUT2D eigenvalue weighted by Crippen LogP contribution is -2.23. The van der Waals surface area contributed by atoms with Gasteiger partial charge in [0.1, 0.15) is 6.54 Å². The first kappa shape index (κ1) is 20.9. The molecule has 2 aromatic carbocycles. The Balaban J connectivity index is 2.16. The first-order valence-electron chi connectivity index (χ1n) is 8.84. The summed E-state index contributed by atoms with van der Waals surface area (Å²) in [5.74, 6) is -0.916. The molecule has 0 N–H and O–H groups in total. The quantitative estimate of drug-likeness (QED) is 0.578. The molecule has 7 nitrogen and oxygen atoms in total. The fourth-order valence-electron chi connectivity index (χ4n) is 2.71. The number of rotatable bonds is 5. The first-order chi connectivity index (χ1) is 13.7. The van der Waals surface area contributed by atoms with Crippen LogP contribution in [-0.2, 0) is 25.9 Å². The van der Waals surface area contributed by atoms with Crippen molar-refractivity contribution in [3.63, 3.8) is 0 Å². The maximum absolute atomic E-state index is 12.6. The third-order valence-electron chi connectivity index (χ3n) is 4.17. The van der Waals surface area contributed by atoms with Gasteiger partial charge in [0.25, 0.3) is 5.91 Å². The Labute approximate surface area is 172 Å². The van der Waals surface area contributed by atoms with E-state index in [1.807, 2.05) is 19.1 Å².